The van der Waals surface area contributed by atoms with E-state index in [1.165, 1.54) is 0 Å². The zero-order chi connectivity index (χ0) is 19.3. The van der Waals surface area contributed by atoms with E-state index in [1.807, 2.05) is 72.8 Å². The first-order valence-electron chi connectivity index (χ1n) is 9.49. The molecule has 0 aliphatic carbocycles. The molecule has 4 heteroatoms. The Balaban J connectivity index is 1.62. The lowest BCUT2D eigenvalue weighted by Gasteiger charge is -2.36. The quantitative estimate of drug-likeness (QED) is 0.761. The number of nitrogens with one attached hydrogen (secondary N) is 1. The predicted molar refractivity (Wildman–Crippen MR) is 109 cm³/mol. The molecule has 0 aromatic heterocycles. The smallest absolute Gasteiger partial charge is 0.254 e. The molecular weight excluding hydrogens is 348 g/mol. The second-order valence-electron chi connectivity index (χ2n) is 6.92. The van der Waals surface area contributed by atoms with E-state index in [4.69, 9.17) is 0 Å². The van der Waals surface area contributed by atoms with Crippen LogP contribution in [0.5, 0.6) is 0 Å². The van der Waals surface area contributed by atoms with E-state index in [9.17, 15) is 9.59 Å². The zero-order valence-electron chi connectivity index (χ0n) is 15.5. The molecule has 0 fully saturated rings. The molecule has 1 aliphatic rings. The Labute approximate surface area is 164 Å². The van der Waals surface area contributed by atoms with Gasteiger partial charge < -0.3 is 10.2 Å². The van der Waals surface area contributed by atoms with Crippen LogP contribution in [0.1, 0.15) is 33.1 Å². The van der Waals surface area contributed by atoms with Gasteiger partial charge in [0.05, 0.1) is 0 Å². The summed E-state index contributed by atoms with van der Waals surface area (Å²) in [6.45, 7) is 0.958. The Morgan fingerprint density at radius 1 is 0.857 bits per heavy atom. The first kappa shape index (κ1) is 18.0. The fraction of sp³-hybridized carbons (Fsp3) is 0.167. The Morgan fingerprint density at radius 3 is 2.25 bits per heavy atom. The number of hydrogen-bond donors (Lipinski definition) is 1. The van der Waals surface area contributed by atoms with Crippen molar-refractivity contribution in [2.24, 2.45) is 0 Å². The van der Waals surface area contributed by atoms with Gasteiger partial charge >= 0.3 is 0 Å². The minimum absolute atomic E-state index is 0.116. The minimum atomic E-state index is -0.624. The molecule has 4 nitrogen and oxygen atoms in total. The Morgan fingerprint density at radius 2 is 1.50 bits per heavy atom. The highest BCUT2D eigenvalue weighted by molar-refractivity contribution is 5.98. The van der Waals surface area contributed by atoms with Gasteiger partial charge in [-0.2, -0.15) is 0 Å². The van der Waals surface area contributed by atoms with Gasteiger partial charge in [0.1, 0.15) is 6.04 Å². The molecule has 0 saturated heterocycles. The highest BCUT2D eigenvalue weighted by Crippen LogP contribution is 2.31. The van der Waals surface area contributed by atoms with Gasteiger partial charge in [0, 0.05) is 18.7 Å². The van der Waals surface area contributed by atoms with Crippen LogP contribution in [0.25, 0.3) is 0 Å². The molecule has 1 aliphatic heterocycles. The van der Waals surface area contributed by atoms with Crippen molar-refractivity contribution in [1.29, 1.82) is 0 Å². The molecule has 1 heterocycles. The Kier molecular flexibility index (Phi) is 5.20. The predicted octanol–water partition coefficient (Wildman–Crippen LogP) is 3.74. The maximum Gasteiger partial charge on any atom is 0.254 e. The summed E-state index contributed by atoms with van der Waals surface area (Å²) in [5.41, 5.74) is 3.66. The van der Waals surface area contributed by atoms with E-state index in [-0.39, 0.29) is 11.8 Å². The van der Waals surface area contributed by atoms with E-state index < -0.39 is 6.04 Å². The van der Waals surface area contributed by atoms with E-state index in [2.05, 4.69) is 5.32 Å². The summed E-state index contributed by atoms with van der Waals surface area (Å²) in [6.07, 6.45) is 0.747. The van der Waals surface area contributed by atoms with Crippen molar-refractivity contribution in [2.75, 3.05) is 6.54 Å². The lowest BCUT2D eigenvalue weighted by atomic mass is 9.91. The van der Waals surface area contributed by atoms with E-state index in [0.717, 1.165) is 23.1 Å². The number of nitrogens with zero attached hydrogens (tertiary/aromatic N) is 1. The van der Waals surface area contributed by atoms with Gasteiger partial charge in [-0.05, 0) is 35.2 Å². The van der Waals surface area contributed by atoms with Crippen LogP contribution in [0.15, 0.2) is 84.9 Å². The number of benzene rings is 3. The van der Waals surface area contributed by atoms with Crippen LogP contribution in [0, 0.1) is 0 Å². The van der Waals surface area contributed by atoms with Crippen LogP contribution in [-0.4, -0.2) is 23.3 Å². The van der Waals surface area contributed by atoms with Crippen molar-refractivity contribution in [2.45, 2.75) is 19.0 Å². The Hall–Kier alpha value is -3.40. The van der Waals surface area contributed by atoms with Gasteiger partial charge in [-0.1, -0.05) is 72.8 Å². The molecular formula is C24H22N2O2. The molecule has 140 valence electrons. The first-order chi connectivity index (χ1) is 13.7. The molecule has 1 atom stereocenters. The third-order valence-corrected chi connectivity index (χ3v) is 5.12. The molecule has 0 spiro atoms. The highest BCUT2D eigenvalue weighted by atomic mass is 16.2. The summed E-state index contributed by atoms with van der Waals surface area (Å²) in [7, 11) is 0. The van der Waals surface area contributed by atoms with Crippen molar-refractivity contribution >= 4 is 11.8 Å². The summed E-state index contributed by atoms with van der Waals surface area (Å²) in [5.74, 6) is -0.268. The maximum absolute atomic E-state index is 13.2. The first-order valence-corrected chi connectivity index (χ1v) is 9.49. The number of rotatable bonds is 4. The largest absolute Gasteiger partial charge is 0.350 e. The van der Waals surface area contributed by atoms with Crippen LogP contribution in [0.2, 0.25) is 0 Å². The fourth-order valence-corrected chi connectivity index (χ4v) is 3.70. The molecule has 1 N–H and O–H groups in total. The minimum Gasteiger partial charge on any atom is -0.350 e. The number of amides is 2. The summed E-state index contributed by atoms with van der Waals surface area (Å²) < 4.78 is 0. The molecule has 3 aromatic carbocycles. The van der Waals surface area contributed by atoms with Gasteiger partial charge in [-0.15, -0.1) is 0 Å². The molecule has 2 amide bonds. The molecule has 3 aromatic rings. The molecule has 0 radical (unpaired) electrons. The third-order valence-electron chi connectivity index (χ3n) is 5.12. The molecule has 0 bridgehead atoms. The number of carbonyl (C=O) groups is 2. The van der Waals surface area contributed by atoms with Crippen molar-refractivity contribution < 1.29 is 9.59 Å². The van der Waals surface area contributed by atoms with Gasteiger partial charge in [-0.3, -0.25) is 9.59 Å². The van der Waals surface area contributed by atoms with Crippen molar-refractivity contribution in [1.82, 2.24) is 10.2 Å². The normalized spacial score (nSPS) is 15.6. The molecule has 0 saturated carbocycles. The van der Waals surface area contributed by atoms with E-state index >= 15 is 0 Å². The van der Waals surface area contributed by atoms with Gasteiger partial charge in [0.15, 0.2) is 0 Å². The standard InChI is InChI=1S/C24H22N2O2/c27-23(25-17-18-9-3-1-4-10-18)22-21-14-8-7-11-19(21)15-16-26(22)24(28)20-12-5-2-6-13-20/h1-14,22H,15-17H2,(H,25,27). The van der Waals surface area contributed by atoms with Crippen LogP contribution >= 0.6 is 0 Å². The van der Waals surface area contributed by atoms with E-state index in [0.29, 0.717) is 18.7 Å². The van der Waals surface area contributed by atoms with Gasteiger partial charge in [-0.25, -0.2) is 0 Å². The molecule has 1 unspecified atom stereocenters. The second kappa shape index (κ2) is 8.09. The van der Waals surface area contributed by atoms with Gasteiger partial charge in [0.2, 0.25) is 5.91 Å². The molecule has 28 heavy (non-hydrogen) atoms. The highest BCUT2D eigenvalue weighted by Gasteiger charge is 2.36. The van der Waals surface area contributed by atoms with Crippen molar-refractivity contribution in [3.8, 4) is 0 Å². The average Bonchev–Trinajstić information content (AvgIpc) is 2.77. The monoisotopic (exact) mass is 370 g/mol. The maximum atomic E-state index is 13.2. The Bertz CT molecular complexity index is 970. The zero-order valence-corrected chi connectivity index (χ0v) is 15.5. The number of fused-ring (bicyclic) bond motifs is 1. The summed E-state index contributed by atoms with van der Waals surface area (Å²) in [4.78, 5) is 28.0. The summed E-state index contributed by atoms with van der Waals surface area (Å²) in [6, 6.07) is 26.2. The second-order valence-corrected chi connectivity index (χ2v) is 6.92. The lowest BCUT2D eigenvalue weighted by Crippen LogP contribution is -2.47. The lowest BCUT2D eigenvalue weighted by molar-refractivity contribution is -0.126. The van der Waals surface area contributed by atoms with Crippen LogP contribution < -0.4 is 5.32 Å². The van der Waals surface area contributed by atoms with Crippen molar-refractivity contribution in [3.63, 3.8) is 0 Å². The van der Waals surface area contributed by atoms with Crippen LogP contribution in [-0.2, 0) is 17.8 Å². The SMILES string of the molecule is O=C(NCc1ccccc1)C1c2ccccc2CCN1C(=O)c1ccccc1. The average molecular weight is 370 g/mol. The fourth-order valence-electron chi connectivity index (χ4n) is 3.70. The topological polar surface area (TPSA) is 49.4 Å². The van der Waals surface area contributed by atoms with Crippen molar-refractivity contribution in [3.05, 3.63) is 107 Å². The molecule has 4 rings (SSSR count). The number of carbonyl (C=O) groups excluding carboxylic acids is 2. The summed E-state index contributed by atoms with van der Waals surface area (Å²) >= 11 is 0. The van der Waals surface area contributed by atoms with Gasteiger partial charge in [0.25, 0.3) is 5.91 Å². The van der Waals surface area contributed by atoms with Crippen LogP contribution in [0.3, 0.4) is 0 Å². The third kappa shape index (κ3) is 3.67. The van der Waals surface area contributed by atoms with E-state index in [1.54, 1.807) is 17.0 Å². The number of hydrogen-bond acceptors (Lipinski definition) is 2. The van der Waals surface area contributed by atoms with Crippen LogP contribution in [0.4, 0.5) is 0 Å². The summed E-state index contributed by atoms with van der Waals surface area (Å²) in [5, 5.41) is 3.01.